The highest BCUT2D eigenvalue weighted by Crippen LogP contribution is 2.22. The van der Waals surface area contributed by atoms with Crippen LogP contribution in [0.15, 0.2) is 71.6 Å². The third kappa shape index (κ3) is 4.87. The molecular weight excluding hydrogens is 426 g/mol. The summed E-state index contributed by atoms with van der Waals surface area (Å²) < 4.78 is 32.3. The van der Waals surface area contributed by atoms with Gasteiger partial charge in [0.05, 0.1) is 12.0 Å². The Bertz CT molecular complexity index is 1150. The van der Waals surface area contributed by atoms with Crippen LogP contribution >= 0.6 is 0 Å². The number of H-pyrrole nitrogens is 1. The Morgan fingerprint density at radius 1 is 0.938 bits per heavy atom. The second-order valence-electron chi connectivity index (χ2n) is 7.72. The molecule has 1 fully saturated rings. The van der Waals surface area contributed by atoms with Crippen LogP contribution in [0.5, 0.6) is 5.75 Å². The molecule has 0 spiro atoms. The number of nitrogens with one attached hydrogen (secondary N) is 1. The van der Waals surface area contributed by atoms with Crippen molar-refractivity contribution in [3.63, 3.8) is 0 Å². The minimum atomic E-state index is -3.58. The number of carbonyl (C=O) groups is 1. The van der Waals surface area contributed by atoms with Crippen LogP contribution in [-0.4, -0.2) is 61.8 Å². The van der Waals surface area contributed by atoms with Crippen LogP contribution in [0.1, 0.15) is 12.1 Å². The van der Waals surface area contributed by atoms with E-state index < -0.39 is 10.0 Å². The molecule has 1 aliphatic heterocycles. The lowest BCUT2D eigenvalue weighted by molar-refractivity contribution is -0.132. The number of aromatic amines is 1. The number of nitrogens with zero attached hydrogens (tertiary/aromatic N) is 2. The minimum Gasteiger partial charge on any atom is -0.497 e. The maximum atomic E-state index is 12.9. The van der Waals surface area contributed by atoms with Crippen LogP contribution < -0.4 is 4.74 Å². The number of aromatic nitrogens is 1. The molecule has 7 nitrogen and oxygen atoms in total. The van der Waals surface area contributed by atoms with E-state index in [9.17, 15) is 13.2 Å². The molecule has 4 rings (SSSR count). The summed E-state index contributed by atoms with van der Waals surface area (Å²) in [5.41, 5.74) is 3.16. The Morgan fingerprint density at radius 2 is 1.62 bits per heavy atom. The van der Waals surface area contributed by atoms with Gasteiger partial charge in [-0.25, -0.2) is 8.42 Å². The fourth-order valence-corrected chi connectivity index (χ4v) is 5.27. The Kier molecular flexibility index (Phi) is 6.62. The van der Waals surface area contributed by atoms with Crippen LogP contribution in [0, 0.1) is 0 Å². The molecule has 2 aromatic carbocycles. The molecule has 1 aliphatic rings. The Hall–Kier alpha value is -3.10. The lowest BCUT2D eigenvalue weighted by Crippen LogP contribution is -2.50. The fourth-order valence-electron chi connectivity index (χ4n) is 3.85. The summed E-state index contributed by atoms with van der Waals surface area (Å²) in [5.74, 6) is 0.652. The number of benzene rings is 2. The van der Waals surface area contributed by atoms with Crippen LogP contribution in [0.25, 0.3) is 11.3 Å². The van der Waals surface area contributed by atoms with Crippen molar-refractivity contribution in [3.8, 4) is 17.0 Å². The minimum absolute atomic E-state index is 0.0438. The van der Waals surface area contributed by atoms with E-state index in [0.717, 1.165) is 17.0 Å². The van der Waals surface area contributed by atoms with E-state index in [1.165, 1.54) is 11.4 Å². The zero-order valence-electron chi connectivity index (χ0n) is 18.0. The Morgan fingerprint density at radius 3 is 2.28 bits per heavy atom. The SMILES string of the molecule is COc1ccc(S(=O)(=O)N2CCN(C(=O)CCc3ccc(-c4ccccc4)[nH]3)CC2)cc1. The summed E-state index contributed by atoms with van der Waals surface area (Å²) in [6.45, 7) is 1.38. The molecule has 3 aromatic rings. The van der Waals surface area contributed by atoms with Gasteiger partial charge < -0.3 is 14.6 Å². The van der Waals surface area contributed by atoms with Crippen molar-refractivity contribution in [3.05, 3.63) is 72.4 Å². The number of hydrogen-bond acceptors (Lipinski definition) is 4. The highest BCUT2D eigenvalue weighted by Gasteiger charge is 2.30. The zero-order valence-corrected chi connectivity index (χ0v) is 18.8. The third-order valence-electron chi connectivity index (χ3n) is 5.73. The Balaban J connectivity index is 1.29. The number of piperazine rings is 1. The van der Waals surface area contributed by atoms with Gasteiger partial charge in [0.2, 0.25) is 15.9 Å². The number of rotatable bonds is 7. The fraction of sp³-hybridized carbons (Fsp3) is 0.292. The van der Waals surface area contributed by atoms with Crippen LogP contribution in [0.3, 0.4) is 0 Å². The van der Waals surface area contributed by atoms with Gasteiger partial charge in [-0.1, -0.05) is 30.3 Å². The first-order chi connectivity index (χ1) is 15.5. The third-order valence-corrected chi connectivity index (χ3v) is 7.64. The van der Waals surface area contributed by atoms with Gasteiger partial charge in [0, 0.05) is 44.0 Å². The van der Waals surface area contributed by atoms with E-state index in [-0.39, 0.29) is 10.8 Å². The van der Waals surface area contributed by atoms with Crippen LogP contribution in [-0.2, 0) is 21.2 Å². The summed E-state index contributed by atoms with van der Waals surface area (Å²) in [6, 6.07) is 20.5. The largest absolute Gasteiger partial charge is 0.497 e. The van der Waals surface area contributed by atoms with Crippen molar-refractivity contribution in [2.45, 2.75) is 17.7 Å². The number of ether oxygens (including phenoxy) is 1. The summed E-state index contributed by atoms with van der Waals surface area (Å²) in [7, 11) is -2.04. The zero-order chi connectivity index (χ0) is 22.6. The molecule has 0 radical (unpaired) electrons. The molecule has 0 atom stereocenters. The second-order valence-corrected chi connectivity index (χ2v) is 9.66. The smallest absolute Gasteiger partial charge is 0.243 e. The van der Waals surface area contributed by atoms with Crippen molar-refractivity contribution in [2.75, 3.05) is 33.3 Å². The summed E-state index contributed by atoms with van der Waals surface area (Å²) >= 11 is 0. The molecule has 1 N–H and O–H groups in total. The van der Waals surface area contributed by atoms with E-state index in [4.69, 9.17) is 4.74 Å². The standard InChI is InChI=1S/C24H27N3O4S/c1-31-21-9-11-22(12-10-21)32(29,30)27-17-15-26(16-18-27)24(28)14-8-20-7-13-23(25-20)19-5-3-2-4-6-19/h2-7,9-13,25H,8,14-18H2,1H3. The highest BCUT2D eigenvalue weighted by atomic mass is 32.2. The van der Waals surface area contributed by atoms with E-state index in [1.807, 2.05) is 42.5 Å². The van der Waals surface area contributed by atoms with Gasteiger partial charge in [0.25, 0.3) is 0 Å². The monoisotopic (exact) mass is 453 g/mol. The number of carbonyl (C=O) groups excluding carboxylic acids is 1. The maximum absolute atomic E-state index is 12.9. The summed E-state index contributed by atoms with van der Waals surface area (Å²) in [6.07, 6.45) is 1.01. The molecule has 1 saturated heterocycles. The number of amides is 1. The topological polar surface area (TPSA) is 82.7 Å². The van der Waals surface area contributed by atoms with Crippen molar-refractivity contribution >= 4 is 15.9 Å². The molecule has 32 heavy (non-hydrogen) atoms. The Labute approximate surface area is 188 Å². The number of hydrogen-bond donors (Lipinski definition) is 1. The molecular formula is C24H27N3O4S. The van der Waals surface area contributed by atoms with Crippen molar-refractivity contribution in [1.82, 2.24) is 14.2 Å². The highest BCUT2D eigenvalue weighted by molar-refractivity contribution is 7.89. The van der Waals surface area contributed by atoms with E-state index in [1.54, 1.807) is 29.2 Å². The predicted octanol–water partition coefficient (Wildman–Crippen LogP) is 3.16. The van der Waals surface area contributed by atoms with Crippen molar-refractivity contribution in [2.24, 2.45) is 0 Å². The van der Waals surface area contributed by atoms with Gasteiger partial charge in [0.1, 0.15) is 5.75 Å². The summed E-state index contributed by atoms with van der Waals surface area (Å²) in [4.78, 5) is 18.0. The van der Waals surface area contributed by atoms with Gasteiger partial charge in [0.15, 0.2) is 0 Å². The lowest BCUT2D eigenvalue weighted by Gasteiger charge is -2.34. The molecule has 0 saturated carbocycles. The molecule has 168 valence electrons. The lowest BCUT2D eigenvalue weighted by atomic mass is 10.2. The van der Waals surface area contributed by atoms with Gasteiger partial charge in [-0.15, -0.1) is 0 Å². The number of aryl methyl sites for hydroxylation is 1. The molecule has 0 unspecified atom stereocenters. The van der Waals surface area contributed by atoms with Gasteiger partial charge >= 0.3 is 0 Å². The quantitative estimate of drug-likeness (QED) is 0.596. The van der Waals surface area contributed by atoms with E-state index in [2.05, 4.69) is 4.98 Å². The number of sulfonamides is 1. The summed E-state index contributed by atoms with van der Waals surface area (Å²) in [5, 5.41) is 0. The van der Waals surface area contributed by atoms with Crippen molar-refractivity contribution < 1.29 is 17.9 Å². The maximum Gasteiger partial charge on any atom is 0.243 e. The number of methoxy groups -OCH3 is 1. The van der Waals surface area contributed by atoms with Gasteiger partial charge in [-0.05, 0) is 48.4 Å². The van der Waals surface area contributed by atoms with Crippen molar-refractivity contribution in [1.29, 1.82) is 0 Å². The second kappa shape index (κ2) is 9.58. The normalized spacial score (nSPS) is 15.0. The molecule has 0 aliphatic carbocycles. The average molecular weight is 454 g/mol. The first-order valence-corrected chi connectivity index (χ1v) is 12.1. The molecule has 2 heterocycles. The molecule has 1 aromatic heterocycles. The van der Waals surface area contributed by atoms with Crippen LogP contribution in [0.2, 0.25) is 0 Å². The predicted molar refractivity (Wildman–Crippen MR) is 123 cm³/mol. The van der Waals surface area contributed by atoms with Gasteiger partial charge in [-0.2, -0.15) is 4.31 Å². The van der Waals surface area contributed by atoms with Gasteiger partial charge in [-0.3, -0.25) is 4.79 Å². The molecule has 1 amide bonds. The van der Waals surface area contributed by atoms with E-state index in [0.29, 0.717) is 44.8 Å². The first kappa shape index (κ1) is 22.1. The average Bonchev–Trinajstić information content (AvgIpc) is 3.32. The van der Waals surface area contributed by atoms with Crippen LogP contribution in [0.4, 0.5) is 0 Å². The van der Waals surface area contributed by atoms with E-state index >= 15 is 0 Å². The molecule has 8 heteroatoms. The molecule has 0 bridgehead atoms. The first-order valence-electron chi connectivity index (χ1n) is 10.6.